The second kappa shape index (κ2) is 5.50. The van der Waals surface area contributed by atoms with Crippen molar-refractivity contribution in [2.24, 2.45) is 5.73 Å². The van der Waals surface area contributed by atoms with Crippen molar-refractivity contribution < 1.29 is 4.79 Å². The Kier molecular flexibility index (Phi) is 4.30. The number of aryl methyl sites for hydroxylation is 1. The van der Waals surface area contributed by atoms with Gasteiger partial charge in [-0.25, -0.2) is 0 Å². The van der Waals surface area contributed by atoms with E-state index in [9.17, 15) is 4.79 Å². The van der Waals surface area contributed by atoms with Gasteiger partial charge in [-0.2, -0.15) is 5.10 Å². The first-order valence-corrected chi connectivity index (χ1v) is 5.17. The number of rotatable bonds is 5. The highest BCUT2D eigenvalue weighted by Gasteiger charge is 2.12. The minimum absolute atomic E-state index is 0.0996. The molecule has 1 atom stereocenters. The Hall–Kier alpha value is -1.36. The molecule has 0 aliphatic carbocycles. The van der Waals surface area contributed by atoms with E-state index < -0.39 is 6.04 Å². The van der Waals surface area contributed by atoms with Crippen molar-refractivity contribution in [3.05, 3.63) is 17.5 Å². The molecule has 0 aliphatic heterocycles. The van der Waals surface area contributed by atoms with Crippen LogP contribution < -0.4 is 11.1 Å². The summed E-state index contributed by atoms with van der Waals surface area (Å²) in [6.07, 6.45) is 3.34. The summed E-state index contributed by atoms with van der Waals surface area (Å²) in [6.45, 7) is 4.41. The molecule has 1 amide bonds. The Labute approximate surface area is 89.4 Å². The van der Waals surface area contributed by atoms with E-state index in [4.69, 9.17) is 5.73 Å². The zero-order valence-corrected chi connectivity index (χ0v) is 9.21. The molecule has 0 aliphatic rings. The number of hydrogen-bond acceptors (Lipinski definition) is 3. The summed E-state index contributed by atoms with van der Waals surface area (Å²) < 4.78 is 0. The van der Waals surface area contributed by atoms with Crippen LogP contribution >= 0.6 is 0 Å². The van der Waals surface area contributed by atoms with Gasteiger partial charge in [0, 0.05) is 17.8 Å². The van der Waals surface area contributed by atoms with Crippen LogP contribution in [0.5, 0.6) is 0 Å². The van der Waals surface area contributed by atoms with Crippen molar-refractivity contribution in [2.75, 3.05) is 0 Å². The van der Waals surface area contributed by atoms with Crippen molar-refractivity contribution in [1.29, 1.82) is 0 Å². The highest BCUT2D eigenvalue weighted by Crippen LogP contribution is 2.01. The first kappa shape index (κ1) is 11.7. The van der Waals surface area contributed by atoms with E-state index in [2.05, 4.69) is 15.5 Å². The van der Waals surface area contributed by atoms with E-state index in [-0.39, 0.29) is 5.91 Å². The summed E-state index contributed by atoms with van der Waals surface area (Å²) in [4.78, 5) is 11.5. The fraction of sp³-hybridized carbons (Fsp3) is 0.600. The van der Waals surface area contributed by atoms with Crippen LogP contribution in [0.15, 0.2) is 6.20 Å². The maximum atomic E-state index is 11.5. The van der Waals surface area contributed by atoms with Crippen LogP contribution in [0.25, 0.3) is 0 Å². The number of nitrogens with zero attached hydrogens (tertiary/aromatic N) is 1. The van der Waals surface area contributed by atoms with E-state index >= 15 is 0 Å². The van der Waals surface area contributed by atoms with Crippen molar-refractivity contribution in [1.82, 2.24) is 15.5 Å². The van der Waals surface area contributed by atoms with Gasteiger partial charge in [-0.05, 0) is 13.3 Å². The number of carbonyl (C=O) groups is 1. The normalized spacial score (nSPS) is 12.5. The molecule has 0 fully saturated rings. The van der Waals surface area contributed by atoms with Gasteiger partial charge in [0.1, 0.15) is 0 Å². The molecule has 0 saturated heterocycles. The third kappa shape index (κ3) is 3.36. The van der Waals surface area contributed by atoms with E-state index in [0.29, 0.717) is 6.54 Å². The summed E-state index contributed by atoms with van der Waals surface area (Å²) in [7, 11) is 0. The summed E-state index contributed by atoms with van der Waals surface area (Å²) >= 11 is 0. The number of nitrogens with one attached hydrogen (secondary N) is 2. The molecule has 5 heteroatoms. The standard InChI is InChI=1S/C10H18N4O/c1-3-4-9(11)10(15)12-5-8-6-13-14-7(8)2/h6,9H,3-5,11H2,1-2H3,(H,12,15)(H,13,14)/t9-/m0/s1. The van der Waals surface area contributed by atoms with Crippen molar-refractivity contribution in [2.45, 2.75) is 39.3 Å². The minimum Gasteiger partial charge on any atom is -0.351 e. The van der Waals surface area contributed by atoms with Gasteiger partial charge in [0.05, 0.1) is 12.2 Å². The summed E-state index contributed by atoms with van der Waals surface area (Å²) in [5.74, 6) is -0.0996. The van der Waals surface area contributed by atoms with Gasteiger partial charge in [-0.15, -0.1) is 0 Å². The zero-order valence-electron chi connectivity index (χ0n) is 9.21. The molecule has 0 aromatic carbocycles. The molecular weight excluding hydrogens is 192 g/mol. The topological polar surface area (TPSA) is 83.8 Å². The molecular formula is C10H18N4O. The molecule has 0 radical (unpaired) electrons. The molecule has 0 saturated carbocycles. The first-order valence-electron chi connectivity index (χ1n) is 5.17. The lowest BCUT2D eigenvalue weighted by atomic mass is 10.1. The highest BCUT2D eigenvalue weighted by atomic mass is 16.2. The van der Waals surface area contributed by atoms with Gasteiger partial charge in [0.2, 0.25) is 5.91 Å². The average Bonchev–Trinajstić information content (AvgIpc) is 2.61. The number of H-pyrrole nitrogens is 1. The zero-order chi connectivity index (χ0) is 11.3. The number of carbonyl (C=O) groups excluding carboxylic acids is 1. The Bertz CT molecular complexity index is 321. The smallest absolute Gasteiger partial charge is 0.237 e. The predicted molar refractivity (Wildman–Crippen MR) is 58.1 cm³/mol. The molecule has 0 unspecified atom stereocenters. The van der Waals surface area contributed by atoms with E-state index in [1.165, 1.54) is 0 Å². The molecule has 0 bridgehead atoms. The summed E-state index contributed by atoms with van der Waals surface area (Å²) in [5.41, 5.74) is 7.63. The van der Waals surface area contributed by atoms with Gasteiger partial charge in [0.25, 0.3) is 0 Å². The molecule has 1 rings (SSSR count). The quantitative estimate of drug-likeness (QED) is 0.660. The van der Waals surface area contributed by atoms with E-state index in [1.54, 1.807) is 6.20 Å². The molecule has 1 heterocycles. The third-order valence-electron chi connectivity index (χ3n) is 2.32. The van der Waals surface area contributed by atoms with Gasteiger partial charge >= 0.3 is 0 Å². The number of nitrogens with two attached hydrogens (primary N) is 1. The SMILES string of the molecule is CCC[C@H](N)C(=O)NCc1cn[nH]c1C. The lowest BCUT2D eigenvalue weighted by molar-refractivity contribution is -0.122. The van der Waals surface area contributed by atoms with Crippen LogP contribution in [-0.4, -0.2) is 22.1 Å². The Morgan fingerprint density at radius 1 is 1.73 bits per heavy atom. The largest absolute Gasteiger partial charge is 0.351 e. The molecule has 0 spiro atoms. The van der Waals surface area contributed by atoms with Gasteiger partial charge < -0.3 is 11.1 Å². The lowest BCUT2D eigenvalue weighted by Crippen LogP contribution is -2.40. The third-order valence-corrected chi connectivity index (χ3v) is 2.32. The second-order valence-corrected chi connectivity index (χ2v) is 3.63. The fourth-order valence-electron chi connectivity index (χ4n) is 1.31. The fourth-order valence-corrected chi connectivity index (χ4v) is 1.31. The molecule has 1 aromatic heterocycles. The maximum absolute atomic E-state index is 11.5. The molecule has 15 heavy (non-hydrogen) atoms. The van der Waals surface area contributed by atoms with Gasteiger partial charge in [-0.3, -0.25) is 9.89 Å². The average molecular weight is 210 g/mol. The predicted octanol–water partition coefficient (Wildman–Crippen LogP) is 0.462. The Morgan fingerprint density at radius 2 is 2.47 bits per heavy atom. The second-order valence-electron chi connectivity index (χ2n) is 3.63. The number of hydrogen-bond donors (Lipinski definition) is 3. The maximum Gasteiger partial charge on any atom is 0.237 e. The van der Waals surface area contributed by atoms with Crippen molar-refractivity contribution in [3.8, 4) is 0 Å². The van der Waals surface area contributed by atoms with Crippen LogP contribution in [0.4, 0.5) is 0 Å². The molecule has 1 aromatic rings. The van der Waals surface area contributed by atoms with Crippen LogP contribution in [0, 0.1) is 6.92 Å². The van der Waals surface area contributed by atoms with Gasteiger partial charge in [-0.1, -0.05) is 13.3 Å². The van der Waals surface area contributed by atoms with Crippen LogP contribution in [0.3, 0.4) is 0 Å². The number of aromatic amines is 1. The molecule has 4 N–H and O–H groups in total. The minimum atomic E-state index is -0.401. The van der Waals surface area contributed by atoms with Gasteiger partial charge in [0.15, 0.2) is 0 Å². The molecule has 5 nitrogen and oxygen atoms in total. The van der Waals surface area contributed by atoms with Crippen LogP contribution in [-0.2, 0) is 11.3 Å². The monoisotopic (exact) mass is 210 g/mol. The number of aromatic nitrogens is 2. The summed E-state index contributed by atoms with van der Waals surface area (Å²) in [6, 6.07) is -0.401. The van der Waals surface area contributed by atoms with Crippen LogP contribution in [0.1, 0.15) is 31.0 Å². The van der Waals surface area contributed by atoms with Crippen LogP contribution in [0.2, 0.25) is 0 Å². The number of amides is 1. The summed E-state index contributed by atoms with van der Waals surface area (Å²) in [5, 5.41) is 9.47. The van der Waals surface area contributed by atoms with E-state index in [0.717, 1.165) is 24.1 Å². The molecule has 84 valence electrons. The Morgan fingerprint density at radius 3 is 3.00 bits per heavy atom. The van der Waals surface area contributed by atoms with E-state index in [1.807, 2.05) is 13.8 Å². The first-order chi connectivity index (χ1) is 7.15. The Balaban J connectivity index is 2.37. The lowest BCUT2D eigenvalue weighted by Gasteiger charge is -2.10. The van der Waals surface area contributed by atoms with Crippen molar-refractivity contribution >= 4 is 5.91 Å². The van der Waals surface area contributed by atoms with Crippen molar-refractivity contribution in [3.63, 3.8) is 0 Å². The highest BCUT2D eigenvalue weighted by molar-refractivity contribution is 5.81.